The van der Waals surface area contributed by atoms with Gasteiger partial charge < -0.3 is 9.32 Å². The van der Waals surface area contributed by atoms with Crippen molar-refractivity contribution in [2.75, 3.05) is 4.90 Å². The van der Waals surface area contributed by atoms with Gasteiger partial charge in [0.15, 0.2) is 52.1 Å². The molecule has 0 saturated carbocycles. The van der Waals surface area contributed by atoms with E-state index in [9.17, 15) is 0 Å². The zero-order valence-electron chi connectivity index (χ0n) is 40.4. The molecule has 0 radical (unpaired) electrons. The highest BCUT2D eigenvalue weighted by atomic mass is 19.2. The Balaban J connectivity index is 1.16. The van der Waals surface area contributed by atoms with E-state index < -0.39 is 80.1 Å². The number of benzene rings is 10. The van der Waals surface area contributed by atoms with Crippen LogP contribution in [0, 0.1) is 58.2 Å². The summed E-state index contributed by atoms with van der Waals surface area (Å²) in [6.07, 6.45) is 3.07. The average molecular weight is 1050 g/mol. The number of nitrogens with zero attached hydrogens (tertiary/aromatic N) is 1. The van der Waals surface area contributed by atoms with Gasteiger partial charge in [0, 0.05) is 33.3 Å². The zero-order chi connectivity index (χ0) is 54.1. The maximum absolute atomic E-state index is 17.1. The summed E-state index contributed by atoms with van der Waals surface area (Å²) in [7, 11) is 0. The van der Waals surface area contributed by atoms with E-state index in [2.05, 4.69) is 13.2 Å². The molecule has 0 N–H and O–H groups in total. The van der Waals surface area contributed by atoms with Crippen molar-refractivity contribution in [2.45, 2.75) is 10.8 Å². The quantitative estimate of drug-likeness (QED) is 0.0814. The molecule has 1 aromatic heterocycles. The zero-order valence-corrected chi connectivity index (χ0v) is 40.4. The van der Waals surface area contributed by atoms with Crippen molar-refractivity contribution in [3.05, 3.63) is 303 Å². The number of furan rings is 1. The van der Waals surface area contributed by atoms with E-state index in [-0.39, 0.29) is 44.8 Å². The van der Waals surface area contributed by atoms with Crippen molar-refractivity contribution in [3.63, 3.8) is 0 Å². The fourth-order valence-corrected chi connectivity index (χ4v) is 12.2. The Hall–Kier alpha value is -9.42. The summed E-state index contributed by atoms with van der Waals surface area (Å²) in [6.45, 7) is 7.66. The van der Waals surface area contributed by atoms with E-state index in [4.69, 9.17) is 4.42 Å². The molecule has 2 aliphatic rings. The Morgan fingerprint density at radius 3 is 1.19 bits per heavy atom. The van der Waals surface area contributed by atoms with Crippen molar-refractivity contribution in [2.24, 2.45) is 0 Å². The summed E-state index contributed by atoms with van der Waals surface area (Å²) in [4.78, 5) is 1.70. The van der Waals surface area contributed by atoms with E-state index in [1.54, 1.807) is 163 Å². The highest BCUT2D eigenvalue weighted by Crippen LogP contribution is 2.61. The highest BCUT2D eigenvalue weighted by molar-refractivity contribution is 6.10. The van der Waals surface area contributed by atoms with Crippen molar-refractivity contribution >= 4 is 51.2 Å². The van der Waals surface area contributed by atoms with Crippen molar-refractivity contribution in [1.82, 2.24) is 0 Å². The van der Waals surface area contributed by atoms with Crippen molar-refractivity contribution in [3.8, 4) is 22.3 Å². The van der Waals surface area contributed by atoms with Crippen LogP contribution in [0.4, 0.5) is 61.0 Å². The molecule has 0 fully saturated rings. The van der Waals surface area contributed by atoms with Gasteiger partial charge in [-0.2, -0.15) is 0 Å². The molecule has 11 aromatic rings. The lowest BCUT2D eigenvalue weighted by Gasteiger charge is -2.36. The molecule has 2 aliphatic carbocycles. The van der Waals surface area contributed by atoms with Gasteiger partial charge in [-0.25, -0.2) is 43.9 Å². The third-order valence-corrected chi connectivity index (χ3v) is 15.5. The van der Waals surface area contributed by atoms with Crippen LogP contribution < -0.4 is 4.90 Å². The number of anilines is 3. The predicted octanol–water partition coefficient (Wildman–Crippen LogP) is 18.5. The molecule has 2 unspecified atom stereocenters. The summed E-state index contributed by atoms with van der Waals surface area (Å²) < 4.78 is 169. The maximum Gasteiger partial charge on any atom is 0.200 e. The van der Waals surface area contributed by atoms with Crippen molar-refractivity contribution < 1.29 is 48.3 Å². The number of hydrogen-bond acceptors (Lipinski definition) is 2. The first-order valence-electron chi connectivity index (χ1n) is 24.5. The number of halogens is 10. The van der Waals surface area contributed by atoms with Crippen LogP contribution in [0.15, 0.2) is 193 Å². The maximum atomic E-state index is 17.1. The minimum atomic E-state index is -2.34. The fourth-order valence-electron chi connectivity index (χ4n) is 12.2. The lowest BCUT2D eigenvalue weighted by molar-refractivity contribution is 0.363. The van der Waals surface area contributed by atoms with Gasteiger partial charge in [-0.05, 0) is 103 Å². The van der Waals surface area contributed by atoms with E-state index in [1.807, 2.05) is 18.2 Å². The molecular formula is C66H35F10NO. The van der Waals surface area contributed by atoms with E-state index in [0.717, 1.165) is 5.39 Å². The van der Waals surface area contributed by atoms with E-state index in [0.29, 0.717) is 55.6 Å². The molecule has 12 heteroatoms. The van der Waals surface area contributed by atoms with Gasteiger partial charge in [-0.3, -0.25) is 0 Å². The Labute approximate surface area is 438 Å². The van der Waals surface area contributed by atoms with E-state index in [1.165, 1.54) is 12.2 Å². The second-order valence-corrected chi connectivity index (χ2v) is 19.2. The normalized spacial score (nSPS) is 16.0. The molecule has 0 saturated heterocycles. The number of fused-ring (bicyclic) bond motifs is 9. The van der Waals surface area contributed by atoms with Crippen LogP contribution in [0.2, 0.25) is 0 Å². The van der Waals surface area contributed by atoms with Gasteiger partial charge in [-0.1, -0.05) is 165 Å². The Bertz CT molecular complexity index is 4110. The van der Waals surface area contributed by atoms with Crippen LogP contribution in [-0.2, 0) is 10.8 Å². The summed E-state index contributed by atoms with van der Waals surface area (Å²) >= 11 is 0. The van der Waals surface area contributed by atoms with Crippen LogP contribution in [0.1, 0.15) is 55.6 Å². The molecular weight excluding hydrogens is 1010 g/mol. The summed E-state index contributed by atoms with van der Waals surface area (Å²) in [5.74, 6) is -21.5. The number of rotatable bonds is 9. The standard InChI is InChI=1S/C66H35F10NO/c1-3-34-20-24-36(25-21-34)65(52-54(67)58(71)62(75)59(72)55(52)68)46-16-8-5-12-40(46)42-30-28-38(32-48(42)65)77(50-18-11-15-45-44-14-7-10-19-51(44)78-64(45)50)39-29-31-43-41-13-6-9-17-47(41)66(49(43)33-39,37-26-22-35(4-2)23-27-37)53-56(69)60(73)63(76)61(74)57(53)70/h3-33H,1-2H2. The van der Waals surface area contributed by atoms with Gasteiger partial charge >= 0.3 is 0 Å². The molecule has 0 amide bonds. The predicted molar refractivity (Wildman–Crippen MR) is 283 cm³/mol. The largest absolute Gasteiger partial charge is 0.454 e. The summed E-state index contributed by atoms with van der Waals surface area (Å²) in [6, 6.07) is 48.2. The monoisotopic (exact) mass is 1050 g/mol. The second-order valence-electron chi connectivity index (χ2n) is 19.2. The van der Waals surface area contributed by atoms with Gasteiger partial charge in [-0.15, -0.1) is 0 Å². The Morgan fingerprint density at radius 2 is 0.744 bits per heavy atom. The third kappa shape index (κ3) is 6.40. The molecule has 78 heavy (non-hydrogen) atoms. The Kier molecular flexibility index (Phi) is 10.9. The molecule has 13 rings (SSSR count). The van der Waals surface area contributed by atoms with Gasteiger partial charge in [0.05, 0.1) is 16.5 Å². The van der Waals surface area contributed by atoms with Crippen LogP contribution in [0.25, 0.3) is 56.3 Å². The Morgan fingerprint density at radius 1 is 0.359 bits per heavy atom. The minimum Gasteiger partial charge on any atom is -0.454 e. The summed E-state index contributed by atoms with van der Waals surface area (Å²) in [5, 5.41) is 1.37. The second kappa shape index (κ2) is 17.6. The number of hydrogen-bond donors (Lipinski definition) is 0. The molecule has 0 aliphatic heterocycles. The lowest BCUT2D eigenvalue weighted by atomic mass is 9.67. The van der Waals surface area contributed by atoms with E-state index >= 15 is 43.9 Å². The third-order valence-electron chi connectivity index (χ3n) is 15.5. The smallest absolute Gasteiger partial charge is 0.200 e. The van der Waals surface area contributed by atoms with Crippen LogP contribution in [0.5, 0.6) is 0 Å². The van der Waals surface area contributed by atoms with Crippen molar-refractivity contribution in [1.29, 1.82) is 0 Å². The first-order chi connectivity index (χ1) is 37.8. The molecule has 380 valence electrons. The van der Waals surface area contributed by atoms with Gasteiger partial charge in [0.25, 0.3) is 0 Å². The molecule has 0 bridgehead atoms. The van der Waals surface area contributed by atoms with Crippen LogP contribution in [0.3, 0.4) is 0 Å². The molecule has 2 nitrogen and oxygen atoms in total. The number of para-hydroxylation sites is 2. The molecule has 0 spiro atoms. The molecule has 10 aromatic carbocycles. The minimum absolute atomic E-state index is 0.101. The fraction of sp³-hybridized carbons (Fsp3) is 0.0303. The van der Waals surface area contributed by atoms with Crippen LogP contribution in [-0.4, -0.2) is 0 Å². The average Bonchev–Trinajstić information content (AvgIpc) is 4.29. The molecule has 2 atom stereocenters. The lowest BCUT2D eigenvalue weighted by Crippen LogP contribution is -2.33. The van der Waals surface area contributed by atoms with Crippen LogP contribution >= 0.6 is 0 Å². The van der Waals surface area contributed by atoms with Gasteiger partial charge in [0.1, 0.15) is 5.58 Å². The molecule has 1 heterocycles. The first kappa shape index (κ1) is 48.2. The first-order valence-corrected chi connectivity index (χ1v) is 24.5. The topological polar surface area (TPSA) is 16.4 Å². The SMILES string of the molecule is C=Cc1ccc(C2(c3c(F)c(F)c(F)c(F)c3F)c3ccccc3-c3ccc(N(c4ccc5c(c4)C(c4ccc(C=C)cc4)(c4c(F)c(F)c(F)c(F)c4F)c4ccccc4-5)c4cccc5c4oc4ccccc45)cc32)cc1. The summed E-state index contributed by atoms with van der Waals surface area (Å²) in [5.41, 5.74) is -1.51. The highest BCUT2D eigenvalue weighted by Gasteiger charge is 2.53. The van der Waals surface area contributed by atoms with Gasteiger partial charge in [0.2, 0.25) is 11.6 Å².